The van der Waals surface area contributed by atoms with Crippen molar-refractivity contribution in [2.75, 3.05) is 25.0 Å². The third kappa shape index (κ3) is 4.48. The number of para-hydroxylation sites is 1. The lowest BCUT2D eigenvalue weighted by atomic mass is 10.2. The summed E-state index contributed by atoms with van der Waals surface area (Å²) < 4.78 is 0. The number of halogens is 1. The average Bonchev–Trinajstić information content (AvgIpc) is 2.27. The number of rotatable bonds is 7. The van der Waals surface area contributed by atoms with E-state index in [1.54, 1.807) is 19.1 Å². The maximum Gasteiger partial charge on any atom is 0.310 e. The summed E-state index contributed by atoms with van der Waals surface area (Å²) in [5, 5.41) is 25.9. The minimum Gasteiger partial charge on any atom is -0.392 e. The summed E-state index contributed by atoms with van der Waals surface area (Å²) in [6, 6.07) is 4.75. The molecule has 0 fully saturated rings. The van der Waals surface area contributed by atoms with Crippen LogP contribution in [0.5, 0.6) is 0 Å². The summed E-state index contributed by atoms with van der Waals surface area (Å²) in [5.74, 6) is 0. The van der Waals surface area contributed by atoms with E-state index >= 15 is 0 Å². The summed E-state index contributed by atoms with van der Waals surface area (Å²) in [4.78, 5) is 10.3. The van der Waals surface area contributed by atoms with Crippen molar-refractivity contribution < 1.29 is 10.0 Å². The van der Waals surface area contributed by atoms with Gasteiger partial charge in [0.25, 0.3) is 0 Å². The highest BCUT2D eigenvalue weighted by Crippen LogP contribution is 2.31. The smallest absolute Gasteiger partial charge is 0.310 e. The maximum atomic E-state index is 10.9. The van der Waals surface area contributed by atoms with Crippen molar-refractivity contribution in [3.63, 3.8) is 0 Å². The topological polar surface area (TPSA) is 87.4 Å². The van der Waals surface area contributed by atoms with E-state index in [0.717, 1.165) is 0 Å². The van der Waals surface area contributed by atoms with Gasteiger partial charge in [-0.2, -0.15) is 0 Å². The molecule has 0 saturated carbocycles. The minimum atomic E-state index is -0.506. The molecule has 0 aromatic heterocycles. The molecule has 0 radical (unpaired) electrons. The predicted octanol–water partition coefficient (Wildman–Crippen LogP) is 1.63. The van der Waals surface area contributed by atoms with Crippen LogP contribution in [0.4, 0.5) is 11.4 Å². The molecule has 0 saturated heterocycles. The van der Waals surface area contributed by atoms with E-state index in [1.807, 2.05) is 0 Å². The highest BCUT2D eigenvalue weighted by molar-refractivity contribution is 6.33. The van der Waals surface area contributed by atoms with Gasteiger partial charge in [0.05, 0.1) is 11.0 Å². The van der Waals surface area contributed by atoms with E-state index in [1.165, 1.54) is 6.07 Å². The van der Waals surface area contributed by atoms with Crippen LogP contribution in [0.1, 0.15) is 6.92 Å². The first kappa shape index (κ1) is 14.7. The number of nitrogens with zero attached hydrogens (tertiary/aromatic N) is 1. The molecule has 0 aliphatic heterocycles. The lowest BCUT2D eigenvalue weighted by molar-refractivity contribution is -0.383. The monoisotopic (exact) mass is 273 g/mol. The number of hydrogen-bond acceptors (Lipinski definition) is 5. The van der Waals surface area contributed by atoms with Gasteiger partial charge in [-0.1, -0.05) is 17.7 Å². The van der Waals surface area contributed by atoms with E-state index in [2.05, 4.69) is 10.6 Å². The van der Waals surface area contributed by atoms with Gasteiger partial charge in [-0.25, -0.2) is 0 Å². The number of aliphatic hydroxyl groups is 1. The fourth-order valence-corrected chi connectivity index (χ4v) is 1.68. The second-order valence-corrected chi connectivity index (χ2v) is 4.28. The minimum absolute atomic E-state index is 0.113. The Morgan fingerprint density at radius 3 is 2.83 bits per heavy atom. The second-order valence-electron chi connectivity index (χ2n) is 3.87. The zero-order valence-corrected chi connectivity index (χ0v) is 10.8. The molecule has 1 aromatic rings. The fourth-order valence-electron chi connectivity index (χ4n) is 1.44. The summed E-state index contributed by atoms with van der Waals surface area (Å²) in [7, 11) is 0. The van der Waals surface area contributed by atoms with E-state index in [0.29, 0.717) is 25.3 Å². The van der Waals surface area contributed by atoms with Crippen LogP contribution in [0.3, 0.4) is 0 Å². The Kier molecular flexibility index (Phi) is 5.84. The van der Waals surface area contributed by atoms with E-state index in [-0.39, 0.29) is 10.7 Å². The van der Waals surface area contributed by atoms with Crippen LogP contribution in [0, 0.1) is 10.1 Å². The third-order valence-corrected chi connectivity index (χ3v) is 2.53. The largest absolute Gasteiger partial charge is 0.392 e. The normalized spacial score (nSPS) is 12.2. The van der Waals surface area contributed by atoms with Gasteiger partial charge in [-0.15, -0.1) is 0 Å². The number of nitro groups is 1. The molecule has 18 heavy (non-hydrogen) atoms. The Bertz CT molecular complexity index is 413. The molecule has 0 spiro atoms. The van der Waals surface area contributed by atoms with Crippen LogP contribution in [0.25, 0.3) is 0 Å². The summed E-state index contributed by atoms with van der Waals surface area (Å²) in [6.45, 7) is 3.27. The molecule has 0 amide bonds. The van der Waals surface area contributed by atoms with Crippen LogP contribution >= 0.6 is 11.6 Å². The molecule has 0 bridgehead atoms. The maximum absolute atomic E-state index is 10.9. The van der Waals surface area contributed by atoms with Gasteiger partial charge >= 0.3 is 5.69 Å². The van der Waals surface area contributed by atoms with Gasteiger partial charge in [0.1, 0.15) is 10.7 Å². The third-order valence-electron chi connectivity index (χ3n) is 2.23. The molecule has 0 heterocycles. The van der Waals surface area contributed by atoms with Gasteiger partial charge in [0.15, 0.2) is 0 Å². The van der Waals surface area contributed by atoms with Gasteiger partial charge in [-0.3, -0.25) is 10.1 Å². The highest BCUT2D eigenvalue weighted by Gasteiger charge is 2.17. The molecule has 0 aliphatic rings. The molecular formula is C11H16ClN3O3. The lowest BCUT2D eigenvalue weighted by Crippen LogP contribution is -2.29. The van der Waals surface area contributed by atoms with Crippen molar-refractivity contribution in [3.8, 4) is 0 Å². The molecular weight excluding hydrogens is 258 g/mol. The molecule has 1 aromatic carbocycles. The zero-order chi connectivity index (χ0) is 13.5. The molecule has 3 N–H and O–H groups in total. The summed E-state index contributed by atoms with van der Waals surface area (Å²) in [6.07, 6.45) is -0.412. The standard InChI is InChI=1S/C11H16ClN3O3/c1-8(16)7-13-5-6-14-10-4-2-3-9(12)11(10)15(17)18/h2-4,8,13-14,16H,5-7H2,1H3. The molecule has 1 rings (SSSR count). The van der Waals surface area contributed by atoms with Crippen LogP contribution < -0.4 is 10.6 Å². The molecule has 6 nitrogen and oxygen atoms in total. The average molecular weight is 274 g/mol. The number of aliphatic hydroxyl groups excluding tert-OH is 1. The van der Waals surface area contributed by atoms with Gasteiger partial charge in [0.2, 0.25) is 0 Å². The Hall–Kier alpha value is -1.37. The van der Waals surface area contributed by atoms with E-state index in [4.69, 9.17) is 16.7 Å². The van der Waals surface area contributed by atoms with Crippen molar-refractivity contribution in [1.82, 2.24) is 5.32 Å². The summed E-state index contributed by atoms with van der Waals surface area (Å²) >= 11 is 5.78. The van der Waals surface area contributed by atoms with E-state index in [9.17, 15) is 10.1 Å². The number of benzene rings is 1. The van der Waals surface area contributed by atoms with Gasteiger partial charge in [-0.05, 0) is 19.1 Å². The first-order valence-electron chi connectivity index (χ1n) is 5.58. The van der Waals surface area contributed by atoms with Crippen LogP contribution in [0.2, 0.25) is 5.02 Å². The number of anilines is 1. The molecule has 1 unspecified atom stereocenters. The Morgan fingerprint density at radius 2 is 2.22 bits per heavy atom. The van der Waals surface area contributed by atoms with Crippen molar-refractivity contribution >= 4 is 23.0 Å². The van der Waals surface area contributed by atoms with Crippen LogP contribution in [-0.4, -0.2) is 35.8 Å². The second kappa shape index (κ2) is 7.15. The lowest BCUT2D eigenvalue weighted by Gasteiger charge is -2.09. The van der Waals surface area contributed by atoms with Crippen LogP contribution in [0.15, 0.2) is 18.2 Å². The Morgan fingerprint density at radius 1 is 1.50 bits per heavy atom. The molecule has 100 valence electrons. The van der Waals surface area contributed by atoms with Gasteiger partial charge < -0.3 is 15.7 Å². The SMILES string of the molecule is CC(O)CNCCNc1cccc(Cl)c1[N+](=O)[O-]. The van der Waals surface area contributed by atoms with Crippen molar-refractivity contribution in [3.05, 3.63) is 33.3 Å². The molecule has 1 atom stereocenters. The van der Waals surface area contributed by atoms with E-state index < -0.39 is 11.0 Å². The Balaban J connectivity index is 2.52. The first-order valence-corrected chi connectivity index (χ1v) is 5.95. The predicted molar refractivity (Wildman–Crippen MR) is 71.1 cm³/mol. The Labute approximate surface area is 110 Å². The summed E-state index contributed by atoms with van der Waals surface area (Å²) in [5.41, 5.74) is 0.279. The van der Waals surface area contributed by atoms with Crippen molar-refractivity contribution in [1.29, 1.82) is 0 Å². The highest BCUT2D eigenvalue weighted by atomic mass is 35.5. The number of nitrogens with one attached hydrogen (secondary N) is 2. The molecule has 7 heteroatoms. The number of nitro benzene ring substituents is 1. The van der Waals surface area contributed by atoms with Gasteiger partial charge in [0, 0.05) is 19.6 Å². The van der Waals surface area contributed by atoms with Crippen LogP contribution in [-0.2, 0) is 0 Å². The first-order chi connectivity index (χ1) is 8.52. The molecule has 0 aliphatic carbocycles. The quantitative estimate of drug-likeness (QED) is 0.399. The fraction of sp³-hybridized carbons (Fsp3) is 0.455. The van der Waals surface area contributed by atoms with Crippen molar-refractivity contribution in [2.24, 2.45) is 0 Å². The number of hydrogen-bond donors (Lipinski definition) is 3. The van der Waals surface area contributed by atoms with Crippen molar-refractivity contribution in [2.45, 2.75) is 13.0 Å². The zero-order valence-electron chi connectivity index (χ0n) is 10.0.